The number of benzene rings is 2. The van der Waals surface area contributed by atoms with Crippen molar-refractivity contribution in [3.8, 4) is 47.2 Å². The highest BCUT2D eigenvalue weighted by atomic mass is 16.6. The maximum absolute atomic E-state index is 11.3. The third kappa shape index (κ3) is 5.79. The minimum absolute atomic E-state index is 0.265. The molecule has 0 aliphatic carbocycles. The lowest BCUT2D eigenvalue weighted by atomic mass is 9.99. The highest BCUT2D eigenvalue weighted by Gasteiger charge is 2.13. The molecule has 1 unspecified atom stereocenters. The van der Waals surface area contributed by atoms with Crippen LogP contribution in [0.3, 0.4) is 0 Å². The van der Waals surface area contributed by atoms with Crippen LogP contribution in [0, 0.1) is 24.2 Å². The molecule has 6 heteroatoms. The maximum atomic E-state index is 11.3. The molecule has 2 aromatic rings. The molecule has 0 aromatic heterocycles. The van der Waals surface area contributed by atoms with Crippen molar-refractivity contribution in [3.63, 3.8) is 0 Å². The molecule has 0 spiro atoms. The molecular weight excluding hydrogens is 372 g/mol. The molecule has 2 aromatic carbocycles. The minimum Gasteiger partial charge on any atom is -0.493 e. The fourth-order valence-corrected chi connectivity index (χ4v) is 2.47. The van der Waals surface area contributed by atoms with Gasteiger partial charge in [0.15, 0.2) is 23.0 Å². The van der Waals surface area contributed by atoms with Crippen molar-refractivity contribution in [1.82, 2.24) is 0 Å². The molecule has 0 aliphatic rings. The number of hydrogen-bond donors (Lipinski definition) is 0. The Morgan fingerprint density at radius 2 is 1.41 bits per heavy atom. The second kappa shape index (κ2) is 9.87. The van der Waals surface area contributed by atoms with Gasteiger partial charge < -0.3 is 18.9 Å². The van der Waals surface area contributed by atoms with Gasteiger partial charge >= 0.3 is 11.9 Å². The topological polar surface area (TPSA) is 71.1 Å². The Morgan fingerprint density at radius 3 is 1.93 bits per heavy atom. The molecule has 0 N–H and O–H groups in total. The zero-order chi connectivity index (χ0) is 21.4. The van der Waals surface area contributed by atoms with E-state index in [1.165, 1.54) is 28.1 Å². The number of rotatable bonds is 5. The van der Waals surface area contributed by atoms with Crippen LogP contribution in [0.15, 0.2) is 36.4 Å². The molecule has 0 amide bonds. The summed E-state index contributed by atoms with van der Waals surface area (Å²) in [6.07, 6.45) is 5.65. The van der Waals surface area contributed by atoms with Crippen molar-refractivity contribution in [1.29, 1.82) is 0 Å². The molecule has 0 aliphatic heterocycles. The Hall–Kier alpha value is -3.90. The predicted molar refractivity (Wildman–Crippen MR) is 107 cm³/mol. The number of carbonyl (C=O) groups excluding carboxylic acids is 2. The van der Waals surface area contributed by atoms with E-state index in [2.05, 4.69) is 17.8 Å². The Morgan fingerprint density at radius 1 is 0.862 bits per heavy atom. The first-order valence-electron chi connectivity index (χ1n) is 8.58. The van der Waals surface area contributed by atoms with Crippen molar-refractivity contribution in [3.05, 3.63) is 47.5 Å². The monoisotopic (exact) mass is 392 g/mol. The second-order valence-electron chi connectivity index (χ2n) is 5.83. The van der Waals surface area contributed by atoms with E-state index in [4.69, 9.17) is 25.4 Å². The zero-order valence-corrected chi connectivity index (χ0v) is 16.6. The number of methoxy groups -OCH3 is 2. The summed E-state index contributed by atoms with van der Waals surface area (Å²) in [6.45, 7) is 2.60. The first-order chi connectivity index (χ1) is 13.9. The first-order valence-corrected chi connectivity index (χ1v) is 8.58. The van der Waals surface area contributed by atoms with Crippen LogP contribution in [0.25, 0.3) is 0 Å². The van der Waals surface area contributed by atoms with Gasteiger partial charge in [0.05, 0.1) is 14.2 Å². The summed E-state index contributed by atoms with van der Waals surface area (Å²) in [4.78, 5) is 22.6. The fourth-order valence-electron chi connectivity index (χ4n) is 2.47. The van der Waals surface area contributed by atoms with Gasteiger partial charge in [-0.2, -0.15) is 0 Å². The van der Waals surface area contributed by atoms with E-state index in [0.717, 1.165) is 0 Å². The van der Waals surface area contributed by atoms with Crippen molar-refractivity contribution in [2.75, 3.05) is 14.2 Å². The fraction of sp³-hybridized carbons (Fsp3) is 0.217. The van der Waals surface area contributed by atoms with Gasteiger partial charge in [0, 0.05) is 25.5 Å². The SMILES string of the molecule is C#CC(C#Cc1ccc(OC)c(OC(C)=O)c1)c1ccc(OC)c(OC(C)=O)c1. The van der Waals surface area contributed by atoms with Crippen LogP contribution in [0.4, 0.5) is 0 Å². The number of esters is 2. The molecule has 0 heterocycles. The largest absolute Gasteiger partial charge is 0.493 e. The van der Waals surface area contributed by atoms with Gasteiger partial charge in [0.1, 0.15) is 5.92 Å². The molecule has 0 saturated carbocycles. The lowest BCUT2D eigenvalue weighted by Gasteiger charge is -2.11. The quantitative estimate of drug-likeness (QED) is 0.442. The summed E-state index contributed by atoms with van der Waals surface area (Å²) >= 11 is 0. The Balaban J connectivity index is 2.36. The third-order valence-corrected chi connectivity index (χ3v) is 3.72. The summed E-state index contributed by atoms with van der Waals surface area (Å²) in [5.74, 6) is 8.43. The lowest BCUT2D eigenvalue weighted by molar-refractivity contribution is -0.132. The number of carbonyl (C=O) groups is 2. The van der Waals surface area contributed by atoms with Gasteiger partial charge in [-0.15, -0.1) is 6.42 Å². The van der Waals surface area contributed by atoms with Crippen LogP contribution in [0.1, 0.15) is 30.9 Å². The van der Waals surface area contributed by atoms with Gasteiger partial charge in [-0.25, -0.2) is 0 Å². The van der Waals surface area contributed by atoms with Crippen LogP contribution >= 0.6 is 0 Å². The molecule has 0 radical (unpaired) electrons. The molecular formula is C23H20O6. The summed E-state index contributed by atoms with van der Waals surface area (Å²) in [5.41, 5.74) is 1.27. The molecule has 29 heavy (non-hydrogen) atoms. The van der Waals surface area contributed by atoms with E-state index < -0.39 is 17.9 Å². The predicted octanol–water partition coefficient (Wildman–Crippen LogP) is 3.32. The Labute approximate surface area is 169 Å². The smallest absolute Gasteiger partial charge is 0.308 e. The molecule has 0 bridgehead atoms. The van der Waals surface area contributed by atoms with E-state index in [1.54, 1.807) is 36.4 Å². The van der Waals surface area contributed by atoms with E-state index in [1.807, 2.05) is 0 Å². The molecule has 148 valence electrons. The van der Waals surface area contributed by atoms with E-state index in [-0.39, 0.29) is 11.5 Å². The van der Waals surface area contributed by atoms with Gasteiger partial charge in [-0.05, 0) is 29.8 Å². The summed E-state index contributed by atoms with van der Waals surface area (Å²) in [5, 5.41) is 0. The normalized spacial score (nSPS) is 10.6. The molecule has 1 atom stereocenters. The summed E-state index contributed by atoms with van der Waals surface area (Å²) < 4.78 is 20.7. The molecule has 6 nitrogen and oxygen atoms in total. The van der Waals surface area contributed by atoms with Crippen LogP contribution in [0.5, 0.6) is 23.0 Å². The Kier molecular flexibility index (Phi) is 7.28. The molecule has 0 fully saturated rings. The van der Waals surface area contributed by atoms with Crippen molar-refractivity contribution in [2.45, 2.75) is 19.8 Å². The van der Waals surface area contributed by atoms with Crippen molar-refractivity contribution < 1.29 is 28.5 Å². The van der Waals surface area contributed by atoms with E-state index in [9.17, 15) is 9.59 Å². The zero-order valence-electron chi connectivity index (χ0n) is 16.6. The highest BCUT2D eigenvalue weighted by molar-refractivity contribution is 5.71. The number of hydrogen-bond acceptors (Lipinski definition) is 6. The standard InChI is InChI=1S/C23H20O6/c1-6-18(19-10-12-21(27-5)23(14-19)29-16(3)25)9-7-17-8-11-20(26-4)22(13-17)28-15(2)24/h1,8,10-14,18H,2-5H3. The number of ether oxygens (including phenoxy) is 4. The minimum atomic E-state index is -0.561. The maximum Gasteiger partial charge on any atom is 0.308 e. The van der Waals surface area contributed by atoms with Crippen molar-refractivity contribution in [2.24, 2.45) is 0 Å². The second-order valence-corrected chi connectivity index (χ2v) is 5.83. The van der Waals surface area contributed by atoms with Crippen LogP contribution in [-0.4, -0.2) is 26.2 Å². The molecule has 2 rings (SSSR count). The van der Waals surface area contributed by atoms with E-state index in [0.29, 0.717) is 22.6 Å². The van der Waals surface area contributed by atoms with Gasteiger partial charge in [-0.3, -0.25) is 9.59 Å². The average molecular weight is 392 g/mol. The van der Waals surface area contributed by atoms with Crippen molar-refractivity contribution >= 4 is 11.9 Å². The summed E-state index contributed by atoms with van der Waals surface area (Å²) in [7, 11) is 2.96. The van der Waals surface area contributed by atoms with Gasteiger partial charge in [0.25, 0.3) is 0 Å². The molecule has 0 saturated heterocycles. The average Bonchev–Trinajstić information content (AvgIpc) is 2.68. The van der Waals surface area contributed by atoms with Gasteiger partial charge in [-0.1, -0.05) is 23.8 Å². The summed E-state index contributed by atoms with van der Waals surface area (Å²) in [6, 6.07) is 10.0. The van der Waals surface area contributed by atoms with Gasteiger partial charge in [0.2, 0.25) is 0 Å². The van der Waals surface area contributed by atoms with Crippen LogP contribution in [-0.2, 0) is 9.59 Å². The van der Waals surface area contributed by atoms with Crippen LogP contribution in [0.2, 0.25) is 0 Å². The lowest BCUT2D eigenvalue weighted by Crippen LogP contribution is -2.04. The number of terminal acetylenes is 1. The van der Waals surface area contributed by atoms with E-state index >= 15 is 0 Å². The Bertz CT molecular complexity index is 1020. The first kappa shape index (κ1) is 21.4. The third-order valence-electron chi connectivity index (χ3n) is 3.72. The van der Waals surface area contributed by atoms with Crippen LogP contribution < -0.4 is 18.9 Å². The highest BCUT2D eigenvalue weighted by Crippen LogP contribution is 2.31.